The summed E-state index contributed by atoms with van der Waals surface area (Å²) in [5.41, 5.74) is 3.32. The zero-order valence-electron chi connectivity index (χ0n) is 15.2. The second-order valence-corrected chi connectivity index (χ2v) is 6.91. The lowest BCUT2D eigenvalue weighted by Crippen LogP contribution is -2.33. The number of benzene rings is 1. The summed E-state index contributed by atoms with van der Waals surface area (Å²) in [6.45, 7) is 2.78. The number of nitrogens with one attached hydrogen (secondary N) is 1. The monoisotopic (exact) mass is 370 g/mol. The van der Waals surface area contributed by atoms with E-state index in [0.717, 1.165) is 48.0 Å². The van der Waals surface area contributed by atoms with Gasteiger partial charge in [-0.15, -0.1) is 0 Å². The number of rotatable bonds is 6. The first kappa shape index (κ1) is 17.3. The molecule has 4 rings (SSSR count). The molecule has 0 radical (unpaired) electrons. The Morgan fingerprint density at radius 3 is 2.85 bits per heavy atom. The van der Waals surface area contributed by atoms with Crippen molar-refractivity contribution < 1.29 is 9.65 Å². The minimum atomic E-state index is -0.123. The SMILES string of the molecule is CCCCN(Cc1[nH]cnc1O)c1n[n+](=O)c2cc3c(cc2n1[O-])CCC3. The standard InChI is InChI=1S/C18H22N6O3/c1-2-3-7-22(10-14-17(25)20-11-19-14)18-21-24(27)16-9-13-6-4-5-12(13)8-15(16)23(18)26/h8-9,11,25H,2-7,10H2,1H3,(H,19,20). The van der Waals surface area contributed by atoms with Gasteiger partial charge in [0.05, 0.1) is 28.6 Å². The predicted octanol–water partition coefficient (Wildman–Crippen LogP) is 2.02. The first-order valence-electron chi connectivity index (χ1n) is 9.23. The van der Waals surface area contributed by atoms with E-state index >= 15 is 0 Å². The number of anilines is 1. The normalized spacial score (nSPS) is 13.2. The lowest BCUT2D eigenvalue weighted by Gasteiger charge is -2.26. The lowest BCUT2D eigenvalue weighted by atomic mass is 10.1. The van der Waals surface area contributed by atoms with E-state index in [1.54, 1.807) is 11.0 Å². The van der Waals surface area contributed by atoms with Crippen molar-refractivity contribution in [2.75, 3.05) is 11.4 Å². The molecule has 0 atom stereocenters. The molecule has 2 aromatic heterocycles. The van der Waals surface area contributed by atoms with Crippen LogP contribution >= 0.6 is 0 Å². The summed E-state index contributed by atoms with van der Waals surface area (Å²) in [4.78, 5) is 20.9. The van der Waals surface area contributed by atoms with Crippen LogP contribution in [0.25, 0.3) is 11.0 Å². The summed E-state index contributed by atoms with van der Waals surface area (Å²) in [7, 11) is 0. The topological polar surface area (TPSA) is 116 Å². The summed E-state index contributed by atoms with van der Waals surface area (Å²) < 4.78 is 1.26. The molecule has 2 N–H and O–H groups in total. The van der Waals surface area contributed by atoms with Crippen LogP contribution in [0, 0.1) is 10.1 Å². The highest BCUT2D eigenvalue weighted by molar-refractivity contribution is 5.76. The van der Waals surface area contributed by atoms with Crippen LogP contribution in [-0.2, 0) is 19.4 Å². The van der Waals surface area contributed by atoms with E-state index in [2.05, 4.69) is 15.1 Å². The molecule has 0 spiro atoms. The van der Waals surface area contributed by atoms with E-state index in [1.807, 2.05) is 13.0 Å². The van der Waals surface area contributed by atoms with E-state index in [-0.39, 0.29) is 23.9 Å². The highest BCUT2D eigenvalue weighted by Crippen LogP contribution is 2.27. The Morgan fingerprint density at radius 1 is 1.37 bits per heavy atom. The molecule has 9 heteroatoms. The minimum Gasteiger partial charge on any atom is -0.803 e. The van der Waals surface area contributed by atoms with Crippen LogP contribution in [0.2, 0.25) is 0 Å². The van der Waals surface area contributed by atoms with Crippen LogP contribution in [-0.4, -0.2) is 31.4 Å². The third-order valence-corrected chi connectivity index (χ3v) is 5.08. The minimum absolute atomic E-state index is 0.0258. The number of aromatic nitrogens is 5. The summed E-state index contributed by atoms with van der Waals surface area (Å²) in [6, 6.07) is 3.60. The number of imidazole rings is 1. The van der Waals surface area contributed by atoms with Gasteiger partial charge in [-0.25, -0.2) is 4.98 Å². The molecular formula is C18H22N6O3. The van der Waals surface area contributed by atoms with Gasteiger partial charge in [0.2, 0.25) is 5.88 Å². The molecule has 142 valence electrons. The van der Waals surface area contributed by atoms with Crippen molar-refractivity contribution in [2.24, 2.45) is 0 Å². The zero-order valence-corrected chi connectivity index (χ0v) is 15.2. The van der Waals surface area contributed by atoms with Crippen molar-refractivity contribution in [1.29, 1.82) is 0 Å². The fourth-order valence-corrected chi connectivity index (χ4v) is 3.61. The van der Waals surface area contributed by atoms with Gasteiger partial charge in [-0.2, -0.15) is 0 Å². The molecule has 1 aromatic carbocycles. The molecular weight excluding hydrogens is 348 g/mol. The van der Waals surface area contributed by atoms with E-state index in [0.29, 0.717) is 22.3 Å². The Bertz CT molecular complexity index is 1040. The molecule has 0 fully saturated rings. The zero-order chi connectivity index (χ0) is 19.0. The van der Waals surface area contributed by atoms with Crippen molar-refractivity contribution in [3.8, 4) is 5.88 Å². The van der Waals surface area contributed by atoms with Crippen LogP contribution in [0.4, 0.5) is 5.95 Å². The number of aryl methyl sites for hydroxylation is 2. The Labute approximate surface area is 155 Å². The largest absolute Gasteiger partial charge is 0.803 e. The summed E-state index contributed by atoms with van der Waals surface area (Å²) in [5.74, 6) is -0.0968. The highest BCUT2D eigenvalue weighted by atomic mass is 16.5. The summed E-state index contributed by atoms with van der Waals surface area (Å²) >= 11 is 0. The number of nitrogens with zero attached hydrogens (tertiary/aromatic N) is 5. The maximum absolute atomic E-state index is 13.1. The van der Waals surface area contributed by atoms with Crippen molar-refractivity contribution in [2.45, 2.75) is 45.6 Å². The molecule has 1 aliphatic carbocycles. The van der Waals surface area contributed by atoms with E-state index in [9.17, 15) is 15.2 Å². The van der Waals surface area contributed by atoms with Gasteiger partial charge in [0.15, 0.2) is 4.54 Å². The van der Waals surface area contributed by atoms with Gasteiger partial charge in [-0.05, 0) is 42.9 Å². The lowest BCUT2D eigenvalue weighted by molar-refractivity contribution is -0.535. The number of hydrogen-bond donors (Lipinski definition) is 2. The van der Waals surface area contributed by atoms with Gasteiger partial charge in [-0.3, -0.25) is 0 Å². The average Bonchev–Trinajstić information content (AvgIpc) is 3.29. The number of H-pyrrole nitrogens is 1. The van der Waals surface area contributed by atoms with Gasteiger partial charge in [0.1, 0.15) is 5.52 Å². The van der Waals surface area contributed by atoms with Crippen LogP contribution in [0.15, 0.2) is 18.5 Å². The van der Waals surface area contributed by atoms with Gasteiger partial charge >= 0.3 is 5.52 Å². The second-order valence-electron chi connectivity index (χ2n) is 6.91. The number of aromatic amines is 1. The number of fused-ring (bicyclic) bond motifs is 2. The predicted molar refractivity (Wildman–Crippen MR) is 100 cm³/mol. The van der Waals surface area contributed by atoms with Crippen LogP contribution in [0.1, 0.15) is 43.0 Å². The Hall–Kier alpha value is -3.10. The molecule has 0 saturated carbocycles. The van der Waals surface area contributed by atoms with Gasteiger partial charge in [-0.1, -0.05) is 13.3 Å². The molecule has 0 aliphatic heterocycles. The number of unbranched alkanes of at least 4 members (excludes halogenated alkanes) is 1. The maximum atomic E-state index is 13.1. The molecule has 2 heterocycles. The maximum Gasteiger partial charge on any atom is 0.318 e. The molecule has 9 nitrogen and oxygen atoms in total. The molecule has 0 unspecified atom stereocenters. The molecule has 0 bridgehead atoms. The van der Waals surface area contributed by atoms with Gasteiger partial charge in [0, 0.05) is 12.6 Å². The first-order valence-corrected chi connectivity index (χ1v) is 9.23. The van der Waals surface area contributed by atoms with Gasteiger partial charge in [0.25, 0.3) is 5.95 Å². The molecule has 0 saturated heterocycles. The van der Waals surface area contributed by atoms with Crippen molar-refractivity contribution in [3.05, 3.63) is 45.4 Å². The number of hydrogen-bond acceptors (Lipinski definition) is 6. The third-order valence-electron chi connectivity index (χ3n) is 5.08. The van der Waals surface area contributed by atoms with Crippen LogP contribution in [0.5, 0.6) is 5.88 Å². The van der Waals surface area contributed by atoms with Crippen LogP contribution < -0.4 is 9.44 Å². The van der Waals surface area contributed by atoms with E-state index < -0.39 is 0 Å². The Kier molecular flexibility index (Phi) is 4.43. The Balaban J connectivity index is 1.81. The average molecular weight is 370 g/mol. The first-order chi connectivity index (χ1) is 13.1. The van der Waals surface area contributed by atoms with Gasteiger partial charge < -0.3 is 24.9 Å². The number of aromatic hydroxyl groups is 1. The molecule has 1 aliphatic rings. The van der Waals surface area contributed by atoms with Crippen LogP contribution in [0.3, 0.4) is 0 Å². The van der Waals surface area contributed by atoms with E-state index in [4.69, 9.17) is 0 Å². The smallest absolute Gasteiger partial charge is 0.318 e. The highest BCUT2D eigenvalue weighted by Gasteiger charge is 2.23. The molecule has 0 amide bonds. The fourth-order valence-electron chi connectivity index (χ4n) is 3.61. The molecule has 27 heavy (non-hydrogen) atoms. The van der Waals surface area contributed by atoms with Crippen molar-refractivity contribution in [3.63, 3.8) is 0 Å². The quantitative estimate of drug-likeness (QED) is 0.641. The van der Waals surface area contributed by atoms with Crippen molar-refractivity contribution in [1.82, 2.24) is 19.8 Å². The summed E-state index contributed by atoms with van der Waals surface area (Å²) in [6.07, 6.45) is 6.00. The van der Waals surface area contributed by atoms with Crippen molar-refractivity contribution >= 4 is 17.0 Å². The second kappa shape index (κ2) is 6.90. The third kappa shape index (κ3) is 3.09. The van der Waals surface area contributed by atoms with E-state index in [1.165, 1.54) is 6.33 Å². The molecule has 3 aromatic rings. The fraction of sp³-hybridized carbons (Fsp3) is 0.444. The summed E-state index contributed by atoms with van der Waals surface area (Å²) in [5, 5.41) is 26.9. The Morgan fingerprint density at radius 2 is 2.15 bits per heavy atom.